The van der Waals surface area contributed by atoms with Gasteiger partial charge in [0.15, 0.2) is 5.11 Å². The lowest BCUT2D eigenvalue weighted by molar-refractivity contribution is 0.176. The predicted octanol–water partition coefficient (Wildman–Crippen LogP) is 2.38. The summed E-state index contributed by atoms with van der Waals surface area (Å²) in [6.07, 6.45) is 1.94. The molecule has 128 valence electrons. The van der Waals surface area contributed by atoms with Gasteiger partial charge in [-0.1, -0.05) is 12.1 Å². The molecule has 2 aromatic rings. The van der Waals surface area contributed by atoms with Crippen molar-refractivity contribution in [2.24, 2.45) is 7.05 Å². The van der Waals surface area contributed by atoms with Gasteiger partial charge in [-0.05, 0) is 31.3 Å². The summed E-state index contributed by atoms with van der Waals surface area (Å²) in [6, 6.07) is 6.59. The molecule has 0 amide bonds. The predicted molar refractivity (Wildman–Crippen MR) is 97.4 cm³/mol. The monoisotopic (exact) mass is 347 g/mol. The summed E-state index contributed by atoms with van der Waals surface area (Å²) in [5.41, 5.74) is 2.89. The van der Waals surface area contributed by atoms with E-state index in [9.17, 15) is 4.39 Å². The number of nitrogens with one attached hydrogen (secondary N) is 1. The fourth-order valence-corrected chi connectivity index (χ4v) is 3.10. The molecule has 1 fully saturated rings. The van der Waals surface area contributed by atoms with Crippen molar-refractivity contribution in [3.8, 4) is 0 Å². The lowest BCUT2D eigenvalue weighted by atomic mass is 10.2. The highest BCUT2D eigenvalue weighted by molar-refractivity contribution is 7.80. The molecule has 7 heteroatoms. The Bertz CT molecular complexity index is 722. The van der Waals surface area contributed by atoms with Crippen LogP contribution in [0.3, 0.4) is 0 Å². The molecule has 0 spiro atoms. The number of hydrogen-bond acceptors (Lipinski definition) is 3. The van der Waals surface area contributed by atoms with Gasteiger partial charge in [-0.25, -0.2) is 4.39 Å². The van der Waals surface area contributed by atoms with Crippen LogP contribution >= 0.6 is 12.2 Å². The largest absolute Gasteiger partial charge is 0.346 e. The van der Waals surface area contributed by atoms with Crippen LogP contribution in [0.5, 0.6) is 0 Å². The normalized spacial score (nSPS) is 15.5. The van der Waals surface area contributed by atoms with Crippen LogP contribution in [0.2, 0.25) is 0 Å². The van der Waals surface area contributed by atoms with Crippen molar-refractivity contribution in [1.82, 2.24) is 19.6 Å². The van der Waals surface area contributed by atoms with Gasteiger partial charge in [0, 0.05) is 51.0 Å². The molecule has 1 N–H and O–H groups in total. The molecule has 24 heavy (non-hydrogen) atoms. The van der Waals surface area contributed by atoms with Crippen molar-refractivity contribution in [2.75, 3.05) is 31.5 Å². The average Bonchev–Trinajstić information content (AvgIpc) is 2.90. The molecular formula is C17H22FN5S. The summed E-state index contributed by atoms with van der Waals surface area (Å²) < 4.78 is 15.6. The van der Waals surface area contributed by atoms with E-state index in [-0.39, 0.29) is 5.82 Å². The first kappa shape index (κ1) is 16.9. The lowest BCUT2D eigenvalue weighted by Gasteiger charge is -2.36. The van der Waals surface area contributed by atoms with Crippen LogP contribution in [-0.2, 0) is 13.6 Å². The van der Waals surface area contributed by atoms with Crippen LogP contribution in [0.1, 0.15) is 11.3 Å². The van der Waals surface area contributed by atoms with Gasteiger partial charge in [-0.3, -0.25) is 9.58 Å². The molecule has 1 aliphatic rings. The summed E-state index contributed by atoms with van der Waals surface area (Å²) in [5, 5.41) is 7.88. The second-order valence-electron chi connectivity index (χ2n) is 6.05. The van der Waals surface area contributed by atoms with Crippen molar-refractivity contribution < 1.29 is 4.39 Å². The molecule has 1 aromatic heterocycles. The van der Waals surface area contributed by atoms with E-state index in [1.807, 2.05) is 17.9 Å². The minimum Gasteiger partial charge on any atom is -0.346 e. The number of rotatable bonds is 3. The highest BCUT2D eigenvalue weighted by Crippen LogP contribution is 2.15. The van der Waals surface area contributed by atoms with E-state index in [1.165, 1.54) is 17.3 Å². The summed E-state index contributed by atoms with van der Waals surface area (Å²) in [7, 11) is 1.96. The Morgan fingerprint density at radius 1 is 1.25 bits per heavy atom. The Morgan fingerprint density at radius 3 is 2.58 bits per heavy atom. The summed E-state index contributed by atoms with van der Waals surface area (Å²) >= 11 is 5.42. The molecule has 3 rings (SSSR count). The van der Waals surface area contributed by atoms with E-state index in [0.717, 1.165) is 32.7 Å². The van der Waals surface area contributed by atoms with Gasteiger partial charge in [0.2, 0.25) is 0 Å². The van der Waals surface area contributed by atoms with Crippen LogP contribution < -0.4 is 5.32 Å². The SMILES string of the molecule is Cc1c(CN2CCN(C(=S)Nc3ccccc3F)CC2)cnn1C. The van der Waals surface area contributed by atoms with Gasteiger partial charge in [0.05, 0.1) is 11.9 Å². The third-order valence-electron chi connectivity index (χ3n) is 4.51. The number of piperazine rings is 1. The van der Waals surface area contributed by atoms with E-state index in [4.69, 9.17) is 12.2 Å². The zero-order valence-electron chi connectivity index (χ0n) is 14.0. The molecule has 0 atom stereocenters. The lowest BCUT2D eigenvalue weighted by Crippen LogP contribution is -2.49. The Labute approximate surface area is 147 Å². The fraction of sp³-hybridized carbons (Fsp3) is 0.412. The third kappa shape index (κ3) is 3.73. The van der Waals surface area contributed by atoms with Crippen molar-refractivity contribution >= 4 is 23.0 Å². The number of nitrogens with zero attached hydrogens (tertiary/aromatic N) is 4. The molecule has 0 bridgehead atoms. The van der Waals surface area contributed by atoms with Gasteiger partial charge < -0.3 is 10.2 Å². The molecule has 0 unspecified atom stereocenters. The molecular weight excluding hydrogens is 325 g/mol. The van der Waals surface area contributed by atoms with Gasteiger partial charge in [-0.2, -0.15) is 5.10 Å². The Hall–Kier alpha value is -1.99. The number of hydrogen-bond donors (Lipinski definition) is 1. The third-order valence-corrected chi connectivity index (χ3v) is 4.87. The molecule has 0 radical (unpaired) electrons. The molecule has 1 saturated heterocycles. The maximum atomic E-state index is 13.7. The first-order chi connectivity index (χ1) is 11.5. The number of aryl methyl sites for hydroxylation is 1. The van der Waals surface area contributed by atoms with E-state index in [1.54, 1.807) is 18.2 Å². The minimum absolute atomic E-state index is 0.287. The number of benzene rings is 1. The molecule has 2 heterocycles. The Balaban J connectivity index is 1.52. The van der Waals surface area contributed by atoms with Gasteiger partial charge in [-0.15, -0.1) is 0 Å². The van der Waals surface area contributed by atoms with Crippen LogP contribution in [0.15, 0.2) is 30.5 Å². The summed E-state index contributed by atoms with van der Waals surface area (Å²) in [6.45, 7) is 6.51. The second-order valence-corrected chi connectivity index (χ2v) is 6.44. The van der Waals surface area contributed by atoms with Crippen molar-refractivity contribution in [2.45, 2.75) is 13.5 Å². The average molecular weight is 347 g/mol. The fourth-order valence-electron chi connectivity index (χ4n) is 2.81. The number of halogens is 1. The van der Waals surface area contributed by atoms with Gasteiger partial charge in [0.1, 0.15) is 5.82 Å². The standard InChI is InChI=1S/C17H22FN5S/c1-13-14(11-19-21(13)2)12-22-7-9-23(10-8-22)17(24)20-16-6-4-3-5-15(16)18/h3-6,11H,7-10,12H2,1-2H3,(H,20,24). The highest BCUT2D eigenvalue weighted by atomic mass is 32.1. The van der Waals surface area contributed by atoms with Crippen molar-refractivity contribution in [3.05, 3.63) is 47.5 Å². The first-order valence-corrected chi connectivity index (χ1v) is 8.45. The second kappa shape index (κ2) is 7.27. The molecule has 1 aromatic carbocycles. The highest BCUT2D eigenvalue weighted by Gasteiger charge is 2.20. The zero-order chi connectivity index (χ0) is 17.1. The summed E-state index contributed by atoms with van der Waals surface area (Å²) in [4.78, 5) is 4.49. The summed E-state index contributed by atoms with van der Waals surface area (Å²) in [5.74, 6) is -0.287. The smallest absolute Gasteiger partial charge is 0.173 e. The first-order valence-electron chi connectivity index (χ1n) is 8.05. The Morgan fingerprint density at radius 2 is 1.96 bits per heavy atom. The van der Waals surface area contributed by atoms with Gasteiger partial charge >= 0.3 is 0 Å². The van der Waals surface area contributed by atoms with E-state index in [0.29, 0.717) is 10.8 Å². The maximum absolute atomic E-state index is 13.7. The molecule has 0 aliphatic carbocycles. The molecule has 0 saturated carbocycles. The zero-order valence-corrected chi connectivity index (χ0v) is 14.8. The van der Waals surface area contributed by atoms with Crippen LogP contribution in [0.4, 0.5) is 10.1 Å². The van der Waals surface area contributed by atoms with E-state index < -0.39 is 0 Å². The molecule has 5 nitrogen and oxygen atoms in total. The van der Waals surface area contributed by atoms with E-state index in [2.05, 4.69) is 27.1 Å². The topological polar surface area (TPSA) is 36.3 Å². The van der Waals surface area contributed by atoms with E-state index >= 15 is 0 Å². The number of aromatic nitrogens is 2. The van der Waals surface area contributed by atoms with Gasteiger partial charge in [0.25, 0.3) is 0 Å². The number of para-hydroxylation sites is 1. The van der Waals surface area contributed by atoms with Crippen LogP contribution in [0, 0.1) is 12.7 Å². The van der Waals surface area contributed by atoms with Crippen LogP contribution in [0.25, 0.3) is 0 Å². The number of thiocarbonyl (C=S) groups is 1. The minimum atomic E-state index is -0.287. The maximum Gasteiger partial charge on any atom is 0.173 e. The van der Waals surface area contributed by atoms with Crippen LogP contribution in [-0.4, -0.2) is 50.9 Å². The number of anilines is 1. The van der Waals surface area contributed by atoms with Crippen molar-refractivity contribution in [1.29, 1.82) is 0 Å². The van der Waals surface area contributed by atoms with Crippen molar-refractivity contribution in [3.63, 3.8) is 0 Å². The molecule has 1 aliphatic heterocycles. The quantitative estimate of drug-likeness (QED) is 0.863. The Kier molecular flexibility index (Phi) is 5.11.